The zero-order valence-electron chi connectivity index (χ0n) is 7.24. The summed E-state index contributed by atoms with van der Waals surface area (Å²) < 4.78 is 17.1. The van der Waals surface area contributed by atoms with Crippen LogP contribution < -0.4 is 0 Å². The first-order chi connectivity index (χ1) is 6.79. The zero-order chi connectivity index (χ0) is 9.97. The standard InChI is InChI=1S/C9H8FNO2S/c10-3-4-14-9-11-7-2-1-6(12)5-8(7)13-9/h1-2,5,12H,3-4H2. The Hall–Kier alpha value is -1.23. The maximum absolute atomic E-state index is 11.9. The van der Waals surface area contributed by atoms with E-state index in [-0.39, 0.29) is 5.75 Å². The maximum Gasteiger partial charge on any atom is 0.256 e. The van der Waals surface area contributed by atoms with Crippen LogP contribution in [0.5, 0.6) is 5.75 Å². The number of nitrogens with zero attached hydrogens (tertiary/aromatic N) is 1. The van der Waals surface area contributed by atoms with E-state index in [4.69, 9.17) is 9.52 Å². The zero-order valence-corrected chi connectivity index (χ0v) is 8.05. The summed E-state index contributed by atoms with van der Waals surface area (Å²) in [5.41, 5.74) is 1.19. The molecule has 0 saturated heterocycles. The number of rotatable bonds is 3. The van der Waals surface area contributed by atoms with Crippen molar-refractivity contribution in [2.24, 2.45) is 0 Å². The molecule has 0 bridgehead atoms. The fourth-order valence-corrected chi connectivity index (χ4v) is 1.64. The van der Waals surface area contributed by atoms with Crippen molar-refractivity contribution in [3.05, 3.63) is 18.2 Å². The third-order valence-corrected chi connectivity index (χ3v) is 2.44. The second-order valence-corrected chi connectivity index (χ2v) is 3.72. The van der Waals surface area contributed by atoms with Crippen molar-refractivity contribution in [3.63, 3.8) is 0 Å². The van der Waals surface area contributed by atoms with Gasteiger partial charge in [0.25, 0.3) is 5.22 Å². The van der Waals surface area contributed by atoms with Gasteiger partial charge in [-0.1, -0.05) is 11.8 Å². The highest BCUT2D eigenvalue weighted by molar-refractivity contribution is 7.99. The fourth-order valence-electron chi connectivity index (χ4n) is 1.08. The van der Waals surface area contributed by atoms with Crippen molar-refractivity contribution in [1.29, 1.82) is 0 Å². The lowest BCUT2D eigenvalue weighted by molar-refractivity contribution is 0.467. The minimum absolute atomic E-state index is 0.135. The first-order valence-electron chi connectivity index (χ1n) is 4.08. The van der Waals surface area contributed by atoms with Gasteiger partial charge in [-0.2, -0.15) is 0 Å². The van der Waals surface area contributed by atoms with Crippen LogP contribution in [-0.2, 0) is 0 Å². The molecule has 1 N–H and O–H groups in total. The molecular weight excluding hydrogens is 205 g/mol. The summed E-state index contributed by atoms with van der Waals surface area (Å²) in [7, 11) is 0. The topological polar surface area (TPSA) is 46.3 Å². The van der Waals surface area contributed by atoms with E-state index in [9.17, 15) is 4.39 Å². The Kier molecular flexibility index (Phi) is 2.58. The molecule has 0 unspecified atom stereocenters. The quantitative estimate of drug-likeness (QED) is 0.796. The Balaban J connectivity index is 2.32. The monoisotopic (exact) mass is 213 g/mol. The fraction of sp³-hybridized carbons (Fsp3) is 0.222. The van der Waals surface area contributed by atoms with Crippen LogP contribution in [0.25, 0.3) is 11.1 Å². The predicted molar refractivity (Wildman–Crippen MR) is 52.4 cm³/mol. The van der Waals surface area contributed by atoms with E-state index in [0.29, 0.717) is 22.1 Å². The first-order valence-corrected chi connectivity index (χ1v) is 5.06. The molecule has 74 valence electrons. The molecule has 1 aromatic carbocycles. The highest BCUT2D eigenvalue weighted by Crippen LogP contribution is 2.25. The number of aromatic nitrogens is 1. The molecule has 2 aromatic rings. The minimum atomic E-state index is -0.408. The second kappa shape index (κ2) is 3.88. The van der Waals surface area contributed by atoms with Crippen molar-refractivity contribution in [2.75, 3.05) is 12.4 Å². The molecule has 1 aromatic heterocycles. The molecule has 0 aliphatic carbocycles. The minimum Gasteiger partial charge on any atom is -0.508 e. The van der Waals surface area contributed by atoms with Crippen LogP contribution in [-0.4, -0.2) is 22.5 Å². The largest absolute Gasteiger partial charge is 0.508 e. The van der Waals surface area contributed by atoms with Crippen molar-refractivity contribution >= 4 is 22.9 Å². The van der Waals surface area contributed by atoms with Gasteiger partial charge in [0.2, 0.25) is 0 Å². The first kappa shape index (κ1) is 9.33. The third kappa shape index (κ3) is 1.82. The maximum atomic E-state index is 11.9. The second-order valence-electron chi connectivity index (χ2n) is 2.67. The van der Waals surface area contributed by atoms with Gasteiger partial charge in [0.15, 0.2) is 5.58 Å². The van der Waals surface area contributed by atoms with Crippen molar-refractivity contribution in [2.45, 2.75) is 5.22 Å². The van der Waals surface area contributed by atoms with Gasteiger partial charge >= 0.3 is 0 Å². The summed E-state index contributed by atoms with van der Waals surface area (Å²) in [6.45, 7) is -0.408. The van der Waals surface area contributed by atoms with Crippen LogP contribution in [0.3, 0.4) is 0 Å². The summed E-state index contributed by atoms with van der Waals surface area (Å²) in [4.78, 5) is 4.11. The number of halogens is 1. The molecule has 0 aliphatic heterocycles. The molecular formula is C9H8FNO2S. The van der Waals surface area contributed by atoms with E-state index in [2.05, 4.69) is 4.98 Å². The number of phenols is 1. The summed E-state index contributed by atoms with van der Waals surface area (Å²) in [6, 6.07) is 4.68. The van der Waals surface area contributed by atoms with Gasteiger partial charge < -0.3 is 9.52 Å². The van der Waals surface area contributed by atoms with E-state index in [1.54, 1.807) is 6.07 Å². The van der Waals surface area contributed by atoms with Gasteiger partial charge in [0.05, 0.1) is 6.67 Å². The summed E-state index contributed by atoms with van der Waals surface area (Å²) in [5, 5.41) is 9.59. The number of aromatic hydroxyl groups is 1. The Bertz CT molecular complexity index is 443. The molecule has 3 nitrogen and oxygen atoms in total. The van der Waals surface area contributed by atoms with Gasteiger partial charge in [0.1, 0.15) is 11.3 Å². The number of hydrogen-bond acceptors (Lipinski definition) is 4. The molecule has 0 atom stereocenters. The molecule has 0 fully saturated rings. The molecule has 0 aliphatic rings. The van der Waals surface area contributed by atoms with Gasteiger partial charge in [0, 0.05) is 11.8 Å². The lowest BCUT2D eigenvalue weighted by atomic mass is 10.3. The highest BCUT2D eigenvalue weighted by atomic mass is 32.2. The average molecular weight is 213 g/mol. The Morgan fingerprint density at radius 3 is 3.14 bits per heavy atom. The van der Waals surface area contributed by atoms with E-state index >= 15 is 0 Å². The van der Waals surface area contributed by atoms with Crippen LogP contribution >= 0.6 is 11.8 Å². The lowest BCUT2D eigenvalue weighted by Crippen LogP contribution is -1.79. The molecule has 5 heteroatoms. The van der Waals surface area contributed by atoms with Crippen LogP contribution in [0.15, 0.2) is 27.8 Å². The smallest absolute Gasteiger partial charge is 0.256 e. The van der Waals surface area contributed by atoms with Crippen LogP contribution in [0.1, 0.15) is 0 Å². The van der Waals surface area contributed by atoms with Gasteiger partial charge in [-0.15, -0.1) is 0 Å². The molecule has 0 radical (unpaired) electrons. The van der Waals surface area contributed by atoms with Crippen LogP contribution in [0.4, 0.5) is 4.39 Å². The number of thioether (sulfide) groups is 1. The summed E-state index contributed by atoms with van der Waals surface area (Å²) in [6.07, 6.45) is 0. The molecule has 1 heterocycles. The number of alkyl halides is 1. The average Bonchev–Trinajstić information content (AvgIpc) is 2.56. The third-order valence-electron chi connectivity index (χ3n) is 1.66. The number of oxazole rings is 1. The van der Waals surface area contributed by atoms with Crippen molar-refractivity contribution in [3.8, 4) is 5.75 Å². The predicted octanol–water partition coefficient (Wildman–Crippen LogP) is 2.60. The van der Waals surface area contributed by atoms with Crippen LogP contribution in [0.2, 0.25) is 0 Å². The SMILES string of the molecule is Oc1ccc2nc(SCCF)oc2c1. The number of fused-ring (bicyclic) bond motifs is 1. The van der Waals surface area contributed by atoms with E-state index in [1.807, 2.05) is 0 Å². The van der Waals surface area contributed by atoms with Gasteiger partial charge in [-0.05, 0) is 12.1 Å². The molecule has 0 saturated carbocycles. The molecule has 0 spiro atoms. The van der Waals surface area contributed by atoms with E-state index in [0.717, 1.165) is 0 Å². The van der Waals surface area contributed by atoms with Crippen molar-refractivity contribution in [1.82, 2.24) is 4.98 Å². The van der Waals surface area contributed by atoms with Gasteiger partial charge in [-0.25, -0.2) is 4.98 Å². The summed E-state index contributed by atoms with van der Waals surface area (Å²) >= 11 is 1.22. The number of phenolic OH excluding ortho intramolecular Hbond substituents is 1. The molecule has 2 rings (SSSR count). The highest BCUT2D eigenvalue weighted by Gasteiger charge is 2.06. The Morgan fingerprint density at radius 1 is 1.50 bits per heavy atom. The normalized spacial score (nSPS) is 10.9. The number of benzene rings is 1. The number of hydrogen-bond donors (Lipinski definition) is 1. The molecule has 0 amide bonds. The van der Waals surface area contributed by atoms with E-state index < -0.39 is 6.67 Å². The Labute approximate surface area is 83.9 Å². The Morgan fingerprint density at radius 2 is 2.36 bits per heavy atom. The molecule has 14 heavy (non-hydrogen) atoms. The lowest BCUT2D eigenvalue weighted by Gasteiger charge is -1.88. The van der Waals surface area contributed by atoms with E-state index in [1.165, 1.54) is 23.9 Å². The summed E-state index contributed by atoms with van der Waals surface area (Å²) in [5.74, 6) is 0.467. The van der Waals surface area contributed by atoms with Gasteiger partial charge in [-0.3, -0.25) is 4.39 Å². The van der Waals surface area contributed by atoms with Crippen LogP contribution in [0, 0.1) is 0 Å². The van der Waals surface area contributed by atoms with Crippen molar-refractivity contribution < 1.29 is 13.9 Å².